The molecule has 0 spiro atoms. The van der Waals surface area contributed by atoms with Crippen molar-refractivity contribution in [2.45, 2.75) is 25.0 Å². The molecular weight excluding hydrogens is 230 g/mol. The predicted octanol–water partition coefficient (Wildman–Crippen LogP) is 1.84. The van der Waals surface area contributed by atoms with Crippen LogP contribution in [0.3, 0.4) is 0 Å². The largest absolute Gasteiger partial charge is 0.497 e. The van der Waals surface area contributed by atoms with Gasteiger partial charge in [0.25, 0.3) is 0 Å². The second-order valence-electron chi connectivity index (χ2n) is 4.56. The van der Waals surface area contributed by atoms with Crippen molar-refractivity contribution in [3.63, 3.8) is 0 Å². The molecule has 2 rings (SSSR count). The van der Waals surface area contributed by atoms with Crippen LogP contribution in [0.2, 0.25) is 0 Å². The highest BCUT2D eigenvalue weighted by atomic mass is 16.5. The number of methoxy groups -OCH3 is 2. The number of hydrogen-bond donors (Lipinski definition) is 1. The normalized spacial score (nSPS) is 16.3. The molecule has 1 fully saturated rings. The van der Waals surface area contributed by atoms with Crippen molar-refractivity contribution in [1.29, 1.82) is 0 Å². The van der Waals surface area contributed by atoms with E-state index in [4.69, 9.17) is 14.2 Å². The van der Waals surface area contributed by atoms with Crippen LogP contribution in [0.15, 0.2) is 24.3 Å². The van der Waals surface area contributed by atoms with Crippen LogP contribution in [0.5, 0.6) is 11.5 Å². The number of rotatable bonds is 8. The van der Waals surface area contributed by atoms with E-state index in [1.807, 2.05) is 24.3 Å². The molecular formula is C14H21NO3. The fraction of sp³-hybridized carbons (Fsp3) is 0.571. The summed E-state index contributed by atoms with van der Waals surface area (Å²) in [5, 5.41) is 3.45. The Morgan fingerprint density at radius 3 is 2.72 bits per heavy atom. The molecule has 1 unspecified atom stereocenters. The highest BCUT2D eigenvalue weighted by Crippen LogP contribution is 2.21. The minimum atomic E-state index is 0.0303. The molecule has 0 amide bonds. The minimum absolute atomic E-state index is 0.0303. The Hall–Kier alpha value is -1.26. The number of benzene rings is 1. The molecule has 0 bridgehead atoms. The quantitative estimate of drug-likeness (QED) is 0.765. The molecule has 0 heterocycles. The molecule has 1 N–H and O–H groups in total. The molecule has 0 aliphatic heterocycles. The molecule has 0 radical (unpaired) electrons. The van der Waals surface area contributed by atoms with E-state index in [9.17, 15) is 0 Å². The minimum Gasteiger partial charge on any atom is -0.497 e. The standard InChI is InChI=1S/C14H21NO3/c1-16-10-14(9-15-11-6-7-11)18-13-5-3-4-12(8-13)17-2/h3-5,8,11,14-15H,6-7,9-10H2,1-2H3. The van der Waals surface area contributed by atoms with E-state index < -0.39 is 0 Å². The van der Waals surface area contributed by atoms with Crippen LogP contribution in [0.25, 0.3) is 0 Å². The van der Waals surface area contributed by atoms with E-state index in [-0.39, 0.29) is 6.10 Å². The van der Waals surface area contributed by atoms with Crippen molar-refractivity contribution >= 4 is 0 Å². The Labute approximate surface area is 108 Å². The fourth-order valence-electron chi connectivity index (χ4n) is 1.77. The van der Waals surface area contributed by atoms with E-state index in [0.717, 1.165) is 18.0 Å². The monoisotopic (exact) mass is 251 g/mol. The van der Waals surface area contributed by atoms with Crippen molar-refractivity contribution in [2.24, 2.45) is 0 Å². The van der Waals surface area contributed by atoms with Gasteiger partial charge in [-0.05, 0) is 25.0 Å². The van der Waals surface area contributed by atoms with Gasteiger partial charge in [0.2, 0.25) is 0 Å². The van der Waals surface area contributed by atoms with Gasteiger partial charge in [-0.1, -0.05) is 6.07 Å². The van der Waals surface area contributed by atoms with Gasteiger partial charge in [-0.25, -0.2) is 0 Å². The van der Waals surface area contributed by atoms with Crippen molar-refractivity contribution in [1.82, 2.24) is 5.32 Å². The molecule has 0 saturated heterocycles. The maximum Gasteiger partial charge on any atom is 0.134 e. The van der Waals surface area contributed by atoms with Crippen LogP contribution in [0.1, 0.15) is 12.8 Å². The zero-order chi connectivity index (χ0) is 12.8. The third-order valence-electron chi connectivity index (χ3n) is 2.91. The lowest BCUT2D eigenvalue weighted by Gasteiger charge is -2.19. The molecule has 1 atom stereocenters. The number of nitrogens with one attached hydrogen (secondary N) is 1. The summed E-state index contributed by atoms with van der Waals surface area (Å²) in [6, 6.07) is 8.33. The van der Waals surface area contributed by atoms with Crippen LogP contribution in [-0.4, -0.2) is 39.5 Å². The first-order valence-electron chi connectivity index (χ1n) is 6.35. The summed E-state index contributed by atoms with van der Waals surface area (Å²) in [7, 11) is 3.35. The average Bonchev–Trinajstić information content (AvgIpc) is 3.20. The second-order valence-corrected chi connectivity index (χ2v) is 4.56. The van der Waals surface area contributed by atoms with Crippen molar-refractivity contribution in [2.75, 3.05) is 27.4 Å². The molecule has 1 aromatic rings. The first kappa shape index (κ1) is 13.2. The molecule has 0 aromatic heterocycles. The zero-order valence-corrected chi connectivity index (χ0v) is 11.0. The molecule has 1 saturated carbocycles. The summed E-state index contributed by atoms with van der Waals surface area (Å²) in [4.78, 5) is 0. The maximum absolute atomic E-state index is 5.91. The van der Waals surface area contributed by atoms with Crippen molar-refractivity contribution in [3.05, 3.63) is 24.3 Å². The van der Waals surface area contributed by atoms with Crippen LogP contribution in [0.4, 0.5) is 0 Å². The van der Waals surface area contributed by atoms with Gasteiger partial charge in [0.1, 0.15) is 17.6 Å². The van der Waals surface area contributed by atoms with Gasteiger partial charge >= 0.3 is 0 Å². The molecule has 4 heteroatoms. The summed E-state index contributed by atoms with van der Waals surface area (Å²) in [5.74, 6) is 1.62. The van der Waals surface area contributed by atoms with Crippen molar-refractivity contribution < 1.29 is 14.2 Å². The number of ether oxygens (including phenoxy) is 3. The summed E-state index contributed by atoms with van der Waals surface area (Å²) in [6.07, 6.45) is 2.58. The summed E-state index contributed by atoms with van der Waals surface area (Å²) < 4.78 is 16.3. The SMILES string of the molecule is COCC(CNC1CC1)Oc1cccc(OC)c1. The summed E-state index contributed by atoms with van der Waals surface area (Å²) in [6.45, 7) is 1.40. The summed E-state index contributed by atoms with van der Waals surface area (Å²) >= 11 is 0. The second kappa shape index (κ2) is 6.61. The smallest absolute Gasteiger partial charge is 0.134 e. The van der Waals surface area contributed by atoms with E-state index in [0.29, 0.717) is 12.6 Å². The fourth-order valence-corrected chi connectivity index (χ4v) is 1.77. The highest BCUT2D eigenvalue weighted by Gasteiger charge is 2.22. The molecule has 1 aliphatic rings. The topological polar surface area (TPSA) is 39.7 Å². The third-order valence-corrected chi connectivity index (χ3v) is 2.91. The van der Waals surface area contributed by atoms with Crippen LogP contribution < -0.4 is 14.8 Å². The van der Waals surface area contributed by atoms with Crippen LogP contribution in [0, 0.1) is 0 Å². The molecule has 4 nitrogen and oxygen atoms in total. The lowest BCUT2D eigenvalue weighted by Crippen LogP contribution is -2.35. The molecule has 1 aromatic carbocycles. The summed E-state index contributed by atoms with van der Waals surface area (Å²) in [5.41, 5.74) is 0. The Balaban J connectivity index is 1.88. The first-order chi connectivity index (χ1) is 8.81. The van der Waals surface area contributed by atoms with Gasteiger partial charge < -0.3 is 19.5 Å². The van der Waals surface area contributed by atoms with E-state index in [1.165, 1.54) is 12.8 Å². The van der Waals surface area contributed by atoms with Gasteiger partial charge in [-0.2, -0.15) is 0 Å². The lowest BCUT2D eigenvalue weighted by molar-refractivity contribution is 0.0802. The van der Waals surface area contributed by atoms with Gasteiger partial charge in [0, 0.05) is 25.8 Å². The van der Waals surface area contributed by atoms with E-state index in [2.05, 4.69) is 5.32 Å². The van der Waals surface area contributed by atoms with Crippen LogP contribution >= 0.6 is 0 Å². The molecule has 18 heavy (non-hydrogen) atoms. The first-order valence-corrected chi connectivity index (χ1v) is 6.35. The Morgan fingerprint density at radius 1 is 1.28 bits per heavy atom. The zero-order valence-electron chi connectivity index (χ0n) is 11.0. The Kier molecular flexibility index (Phi) is 4.84. The van der Waals surface area contributed by atoms with E-state index >= 15 is 0 Å². The van der Waals surface area contributed by atoms with Gasteiger partial charge in [-0.15, -0.1) is 0 Å². The maximum atomic E-state index is 5.91. The predicted molar refractivity (Wildman–Crippen MR) is 70.3 cm³/mol. The van der Waals surface area contributed by atoms with Crippen molar-refractivity contribution in [3.8, 4) is 11.5 Å². The average molecular weight is 251 g/mol. The van der Waals surface area contributed by atoms with E-state index in [1.54, 1.807) is 14.2 Å². The highest BCUT2D eigenvalue weighted by molar-refractivity contribution is 5.33. The lowest BCUT2D eigenvalue weighted by atomic mass is 10.3. The number of hydrogen-bond acceptors (Lipinski definition) is 4. The van der Waals surface area contributed by atoms with Gasteiger partial charge in [0.05, 0.1) is 13.7 Å². The Morgan fingerprint density at radius 2 is 2.06 bits per heavy atom. The van der Waals surface area contributed by atoms with Gasteiger partial charge in [-0.3, -0.25) is 0 Å². The molecule has 1 aliphatic carbocycles. The Bertz CT molecular complexity index is 366. The molecule has 100 valence electrons. The van der Waals surface area contributed by atoms with Crippen LogP contribution in [-0.2, 0) is 4.74 Å². The van der Waals surface area contributed by atoms with Gasteiger partial charge in [0.15, 0.2) is 0 Å². The third kappa shape index (κ3) is 4.20.